The summed E-state index contributed by atoms with van der Waals surface area (Å²) < 4.78 is 24.4. The molecule has 176 valence electrons. The standard InChI is InChI=1S/C27H27FN2O4/c1-3-24-27(32)30(16-19-5-4-6-23(13-19)33-2)17-20-15-22(11-12-25(20)34-24)29-26(31)14-18-7-9-21(28)10-8-18/h4-13,15,24H,3,14,16-17H2,1-2H3,(H,29,31). The zero-order valence-corrected chi connectivity index (χ0v) is 19.2. The fourth-order valence-electron chi connectivity index (χ4n) is 3.96. The normalized spacial score (nSPS) is 15.2. The smallest absolute Gasteiger partial charge is 0.264 e. The molecule has 3 aromatic rings. The minimum Gasteiger partial charge on any atom is -0.497 e. The molecule has 0 saturated heterocycles. The second-order valence-corrected chi connectivity index (χ2v) is 8.23. The Morgan fingerprint density at radius 2 is 1.91 bits per heavy atom. The lowest BCUT2D eigenvalue weighted by Gasteiger charge is -2.23. The quantitative estimate of drug-likeness (QED) is 0.552. The number of nitrogens with one attached hydrogen (secondary N) is 1. The van der Waals surface area contributed by atoms with E-state index in [1.807, 2.05) is 37.3 Å². The molecule has 1 heterocycles. The number of benzene rings is 3. The summed E-state index contributed by atoms with van der Waals surface area (Å²) in [5.41, 5.74) is 3.09. The van der Waals surface area contributed by atoms with Gasteiger partial charge in [0, 0.05) is 24.3 Å². The molecule has 0 aromatic heterocycles. The second-order valence-electron chi connectivity index (χ2n) is 8.23. The van der Waals surface area contributed by atoms with Crippen LogP contribution in [-0.2, 0) is 29.1 Å². The third-order valence-corrected chi connectivity index (χ3v) is 5.72. The number of nitrogens with zero attached hydrogens (tertiary/aromatic N) is 1. The van der Waals surface area contributed by atoms with Gasteiger partial charge in [-0.15, -0.1) is 0 Å². The van der Waals surface area contributed by atoms with Crippen molar-refractivity contribution in [2.75, 3.05) is 12.4 Å². The highest BCUT2D eigenvalue weighted by Gasteiger charge is 2.30. The summed E-state index contributed by atoms with van der Waals surface area (Å²) in [6, 6.07) is 18.9. The molecule has 2 amide bonds. The number of anilines is 1. The highest BCUT2D eigenvalue weighted by Crippen LogP contribution is 2.30. The monoisotopic (exact) mass is 462 g/mol. The summed E-state index contributed by atoms with van der Waals surface area (Å²) in [4.78, 5) is 27.4. The van der Waals surface area contributed by atoms with E-state index in [-0.39, 0.29) is 24.1 Å². The van der Waals surface area contributed by atoms with Gasteiger partial charge in [-0.1, -0.05) is 31.2 Å². The largest absolute Gasteiger partial charge is 0.497 e. The van der Waals surface area contributed by atoms with E-state index in [1.165, 1.54) is 12.1 Å². The Bertz CT molecular complexity index is 1180. The average Bonchev–Trinajstić information content (AvgIpc) is 2.96. The van der Waals surface area contributed by atoms with Crippen LogP contribution in [0.15, 0.2) is 66.7 Å². The first-order valence-corrected chi connectivity index (χ1v) is 11.2. The van der Waals surface area contributed by atoms with Crippen LogP contribution >= 0.6 is 0 Å². The molecule has 1 atom stereocenters. The Labute approximate surface area is 198 Å². The molecule has 0 saturated carbocycles. The van der Waals surface area contributed by atoms with E-state index in [4.69, 9.17) is 9.47 Å². The summed E-state index contributed by atoms with van der Waals surface area (Å²) in [6.07, 6.45) is 0.0979. The molecule has 0 aliphatic carbocycles. The maximum Gasteiger partial charge on any atom is 0.264 e. The summed E-state index contributed by atoms with van der Waals surface area (Å²) in [6.45, 7) is 2.68. The second kappa shape index (κ2) is 10.4. The van der Waals surface area contributed by atoms with Crippen molar-refractivity contribution >= 4 is 17.5 Å². The molecule has 3 aromatic carbocycles. The van der Waals surface area contributed by atoms with E-state index in [0.717, 1.165) is 22.4 Å². The Kier molecular flexibility index (Phi) is 7.11. The number of fused-ring (bicyclic) bond motifs is 1. The molecule has 4 rings (SSSR count). The van der Waals surface area contributed by atoms with E-state index in [1.54, 1.807) is 36.3 Å². The summed E-state index contributed by atoms with van der Waals surface area (Å²) in [5.74, 6) is 0.730. The van der Waals surface area contributed by atoms with Crippen molar-refractivity contribution in [3.8, 4) is 11.5 Å². The number of halogens is 1. The van der Waals surface area contributed by atoms with Crippen LogP contribution in [0.2, 0.25) is 0 Å². The number of amides is 2. The molecule has 1 aliphatic rings. The first kappa shape index (κ1) is 23.3. The van der Waals surface area contributed by atoms with Gasteiger partial charge in [-0.25, -0.2) is 4.39 Å². The van der Waals surface area contributed by atoms with Gasteiger partial charge in [-0.3, -0.25) is 9.59 Å². The van der Waals surface area contributed by atoms with Gasteiger partial charge in [-0.05, 0) is 60.0 Å². The van der Waals surface area contributed by atoms with Crippen LogP contribution in [0.25, 0.3) is 0 Å². The first-order chi connectivity index (χ1) is 16.4. The molecule has 7 heteroatoms. The van der Waals surface area contributed by atoms with Crippen molar-refractivity contribution < 1.29 is 23.5 Å². The SMILES string of the molecule is CCC1Oc2ccc(NC(=O)Cc3ccc(F)cc3)cc2CN(Cc2cccc(OC)c2)C1=O. The summed E-state index contributed by atoms with van der Waals surface area (Å²) >= 11 is 0. The molecule has 1 unspecified atom stereocenters. The van der Waals surface area contributed by atoms with Crippen molar-refractivity contribution in [1.29, 1.82) is 0 Å². The number of methoxy groups -OCH3 is 1. The van der Waals surface area contributed by atoms with Crippen molar-refractivity contribution in [2.45, 2.75) is 39.0 Å². The van der Waals surface area contributed by atoms with Gasteiger partial charge in [0.25, 0.3) is 5.91 Å². The average molecular weight is 463 g/mol. The van der Waals surface area contributed by atoms with Crippen LogP contribution in [0.5, 0.6) is 11.5 Å². The first-order valence-electron chi connectivity index (χ1n) is 11.2. The fourth-order valence-corrected chi connectivity index (χ4v) is 3.96. The van der Waals surface area contributed by atoms with Crippen molar-refractivity contribution in [1.82, 2.24) is 4.90 Å². The van der Waals surface area contributed by atoms with Crippen LogP contribution in [0.4, 0.5) is 10.1 Å². The van der Waals surface area contributed by atoms with Crippen molar-refractivity contribution in [3.05, 3.63) is 89.2 Å². The predicted octanol–water partition coefficient (Wildman–Crippen LogP) is 4.72. The highest BCUT2D eigenvalue weighted by atomic mass is 19.1. The van der Waals surface area contributed by atoms with Gasteiger partial charge in [0.15, 0.2) is 6.10 Å². The van der Waals surface area contributed by atoms with Gasteiger partial charge >= 0.3 is 0 Å². The molecular weight excluding hydrogens is 435 g/mol. The van der Waals surface area contributed by atoms with Crippen molar-refractivity contribution in [2.24, 2.45) is 0 Å². The van der Waals surface area contributed by atoms with E-state index >= 15 is 0 Å². The van der Waals surface area contributed by atoms with Gasteiger partial charge in [0.2, 0.25) is 5.91 Å². The van der Waals surface area contributed by atoms with Gasteiger partial charge in [0.05, 0.1) is 13.5 Å². The van der Waals surface area contributed by atoms with E-state index < -0.39 is 6.10 Å². The Hall–Kier alpha value is -3.87. The summed E-state index contributed by atoms with van der Waals surface area (Å²) in [7, 11) is 1.61. The minimum absolute atomic E-state index is 0.0802. The van der Waals surface area contributed by atoms with E-state index in [2.05, 4.69) is 5.32 Å². The molecule has 0 spiro atoms. The Balaban J connectivity index is 1.53. The maximum absolute atomic E-state index is 13.2. The minimum atomic E-state index is -0.578. The van der Waals surface area contributed by atoms with Crippen LogP contribution in [-0.4, -0.2) is 29.9 Å². The number of hydrogen-bond donors (Lipinski definition) is 1. The molecule has 0 fully saturated rings. The number of carbonyl (C=O) groups is 2. The lowest BCUT2D eigenvalue weighted by atomic mass is 10.1. The number of carbonyl (C=O) groups excluding carboxylic acids is 2. The Morgan fingerprint density at radius 3 is 2.65 bits per heavy atom. The molecule has 0 radical (unpaired) electrons. The molecule has 1 aliphatic heterocycles. The van der Waals surface area contributed by atoms with Gasteiger partial charge in [-0.2, -0.15) is 0 Å². The maximum atomic E-state index is 13.2. The highest BCUT2D eigenvalue weighted by molar-refractivity contribution is 5.92. The van der Waals surface area contributed by atoms with Crippen LogP contribution in [0, 0.1) is 5.82 Å². The molecule has 34 heavy (non-hydrogen) atoms. The molecule has 1 N–H and O–H groups in total. The van der Waals surface area contributed by atoms with Gasteiger partial charge in [0.1, 0.15) is 17.3 Å². The third kappa shape index (κ3) is 5.54. The lowest BCUT2D eigenvalue weighted by molar-refractivity contribution is -0.139. The topological polar surface area (TPSA) is 67.9 Å². The zero-order chi connectivity index (χ0) is 24.1. The molecule has 6 nitrogen and oxygen atoms in total. The lowest BCUT2D eigenvalue weighted by Crippen LogP contribution is -2.38. The number of ether oxygens (including phenoxy) is 2. The predicted molar refractivity (Wildman–Crippen MR) is 127 cm³/mol. The number of rotatable bonds is 7. The summed E-state index contributed by atoms with van der Waals surface area (Å²) in [5, 5.41) is 2.88. The third-order valence-electron chi connectivity index (χ3n) is 5.72. The Morgan fingerprint density at radius 1 is 1.12 bits per heavy atom. The van der Waals surface area contributed by atoms with Crippen LogP contribution in [0.3, 0.4) is 0 Å². The molecular formula is C27H27FN2O4. The zero-order valence-electron chi connectivity index (χ0n) is 19.2. The van der Waals surface area contributed by atoms with Gasteiger partial charge < -0.3 is 19.7 Å². The van der Waals surface area contributed by atoms with E-state index in [0.29, 0.717) is 30.9 Å². The van der Waals surface area contributed by atoms with Crippen LogP contribution < -0.4 is 14.8 Å². The van der Waals surface area contributed by atoms with Crippen molar-refractivity contribution in [3.63, 3.8) is 0 Å². The van der Waals surface area contributed by atoms with E-state index in [9.17, 15) is 14.0 Å². The van der Waals surface area contributed by atoms with Crippen LogP contribution in [0.1, 0.15) is 30.0 Å². The number of hydrogen-bond acceptors (Lipinski definition) is 4. The fraction of sp³-hybridized carbons (Fsp3) is 0.259. The molecule has 0 bridgehead atoms.